The molecule has 0 aliphatic heterocycles. The predicted molar refractivity (Wildman–Crippen MR) is 69.5 cm³/mol. The van der Waals surface area contributed by atoms with Crippen LogP contribution in [0.2, 0.25) is 0 Å². The van der Waals surface area contributed by atoms with Crippen LogP contribution in [0, 0.1) is 6.92 Å². The molecule has 2 rings (SSSR count). The molecule has 0 radical (unpaired) electrons. The lowest BCUT2D eigenvalue weighted by Crippen LogP contribution is -2.16. The summed E-state index contributed by atoms with van der Waals surface area (Å²) in [6.45, 7) is 2.01. The van der Waals surface area contributed by atoms with Gasteiger partial charge in [-0.2, -0.15) is 0 Å². The number of rotatable bonds is 4. The molecule has 0 amide bonds. The Kier molecular flexibility index (Phi) is 3.74. The standard InChI is InChI=1S/C13H15N3O2/c1-9-15-12(7-13(18)16-9)14-8-11(17)10-5-3-2-4-6-10/h2-7,11,17H,8H2,1H3,(H2,14,15,16,18). The molecule has 0 bridgehead atoms. The summed E-state index contributed by atoms with van der Waals surface area (Å²) in [5.74, 6) is 1.01. The Hall–Kier alpha value is -2.14. The van der Waals surface area contributed by atoms with Crippen LogP contribution in [0.3, 0.4) is 0 Å². The van der Waals surface area contributed by atoms with Gasteiger partial charge in [0, 0.05) is 12.6 Å². The van der Waals surface area contributed by atoms with Gasteiger partial charge in [0.2, 0.25) is 0 Å². The number of nitrogens with one attached hydrogen (secondary N) is 2. The topological polar surface area (TPSA) is 78.0 Å². The molecule has 1 aromatic heterocycles. The monoisotopic (exact) mass is 245 g/mol. The van der Waals surface area contributed by atoms with Crippen molar-refractivity contribution < 1.29 is 5.11 Å². The molecule has 0 saturated heterocycles. The van der Waals surface area contributed by atoms with E-state index in [1.165, 1.54) is 6.07 Å². The number of H-pyrrole nitrogens is 1. The molecule has 0 saturated carbocycles. The minimum absolute atomic E-state index is 0.209. The van der Waals surface area contributed by atoms with Crippen LogP contribution in [0.15, 0.2) is 41.2 Å². The number of hydrogen-bond acceptors (Lipinski definition) is 4. The number of aryl methyl sites for hydroxylation is 1. The lowest BCUT2D eigenvalue weighted by Gasteiger charge is -2.12. The van der Waals surface area contributed by atoms with Crippen LogP contribution in [0.1, 0.15) is 17.5 Å². The van der Waals surface area contributed by atoms with Gasteiger partial charge in [-0.25, -0.2) is 4.98 Å². The lowest BCUT2D eigenvalue weighted by atomic mass is 10.1. The molecular weight excluding hydrogens is 230 g/mol. The molecule has 1 atom stereocenters. The molecule has 0 aliphatic carbocycles. The molecule has 0 aliphatic rings. The third-order valence-electron chi connectivity index (χ3n) is 2.52. The fraction of sp³-hybridized carbons (Fsp3) is 0.231. The first-order chi connectivity index (χ1) is 8.65. The van der Waals surface area contributed by atoms with E-state index in [0.717, 1.165) is 5.56 Å². The molecule has 1 heterocycles. The highest BCUT2D eigenvalue weighted by molar-refractivity contribution is 5.33. The fourth-order valence-corrected chi connectivity index (χ4v) is 1.66. The van der Waals surface area contributed by atoms with Crippen LogP contribution in [0.5, 0.6) is 0 Å². The summed E-state index contributed by atoms with van der Waals surface area (Å²) in [7, 11) is 0. The second-order valence-electron chi connectivity index (χ2n) is 4.02. The van der Waals surface area contributed by atoms with E-state index in [0.29, 0.717) is 18.2 Å². The zero-order valence-electron chi connectivity index (χ0n) is 10.1. The highest BCUT2D eigenvalue weighted by atomic mass is 16.3. The Morgan fingerprint density at radius 2 is 2.11 bits per heavy atom. The Labute approximate surface area is 105 Å². The van der Waals surface area contributed by atoms with Gasteiger partial charge in [0.25, 0.3) is 5.56 Å². The van der Waals surface area contributed by atoms with Gasteiger partial charge >= 0.3 is 0 Å². The number of anilines is 1. The molecule has 1 aromatic carbocycles. The average Bonchev–Trinajstić information content (AvgIpc) is 2.36. The number of aliphatic hydroxyl groups excluding tert-OH is 1. The van der Waals surface area contributed by atoms with Crippen molar-refractivity contribution >= 4 is 5.82 Å². The molecule has 94 valence electrons. The number of benzene rings is 1. The molecule has 5 heteroatoms. The van der Waals surface area contributed by atoms with E-state index in [2.05, 4.69) is 15.3 Å². The summed E-state index contributed by atoms with van der Waals surface area (Å²) < 4.78 is 0. The van der Waals surface area contributed by atoms with Crippen molar-refractivity contribution in [3.05, 3.63) is 58.1 Å². The second-order valence-corrected chi connectivity index (χ2v) is 4.02. The van der Waals surface area contributed by atoms with Crippen molar-refractivity contribution in [3.8, 4) is 0 Å². The predicted octanol–water partition coefficient (Wildman–Crippen LogP) is 1.22. The van der Waals surface area contributed by atoms with Crippen molar-refractivity contribution in [3.63, 3.8) is 0 Å². The number of aliphatic hydroxyl groups is 1. The first-order valence-corrected chi connectivity index (χ1v) is 5.70. The summed E-state index contributed by atoms with van der Waals surface area (Å²) in [6, 6.07) is 10.7. The van der Waals surface area contributed by atoms with Crippen molar-refractivity contribution in [2.75, 3.05) is 11.9 Å². The van der Waals surface area contributed by atoms with Crippen LogP contribution < -0.4 is 10.9 Å². The Morgan fingerprint density at radius 1 is 1.39 bits per heavy atom. The second kappa shape index (κ2) is 5.46. The zero-order valence-corrected chi connectivity index (χ0v) is 10.1. The van der Waals surface area contributed by atoms with Crippen LogP contribution in [0.25, 0.3) is 0 Å². The Balaban J connectivity index is 2.01. The summed E-state index contributed by atoms with van der Waals surface area (Å²) in [6.07, 6.45) is -0.632. The largest absolute Gasteiger partial charge is 0.387 e. The van der Waals surface area contributed by atoms with Gasteiger partial charge in [0.15, 0.2) is 0 Å². The summed E-state index contributed by atoms with van der Waals surface area (Å²) in [5, 5.41) is 12.9. The first-order valence-electron chi connectivity index (χ1n) is 5.70. The minimum atomic E-state index is -0.632. The van der Waals surface area contributed by atoms with Gasteiger partial charge in [-0.15, -0.1) is 0 Å². The first kappa shape index (κ1) is 12.3. The molecule has 3 N–H and O–H groups in total. The van der Waals surface area contributed by atoms with E-state index in [1.54, 1.807) is 6.92 Å². The third kappa shape index (κ3) is 3.18. The summed E-state index contributed by atoms with van der Waals surface area (Å²) in [5.41, 5.74) is 0.616. The van der Waals surface area contributed by atoms with Crippen molar-refractivity contribution in [2.45, 2.75) is 13.0 Å². The molecule has 1 unspecified atom stereocenters. The van der Waals surface area contributed by atoms with E-state index in [-0.39, 0.29) is 5.56 Å². The van der Waals surface area contributed by atoms with Gasteiger partial charge in [-0.05, 0) is 12.5 Å². The molecule has 18 heavy (non-hydrogen) atoms. The summed E-state index contributed by atoms with van der Waals surface area (Å²) >= 11 is 0. The van der Waals surface area contributed by atoms with E-state index < -0.39 is 6.10 Å². The van der Waals surface area contributed by atoms with Crippen LogP contribution in [-0.2, 0) is 0 Å². The molecule has 2 aromatic rings. The quantitative estimate of drug-likeness (QED) is 0.757. The molecule has 0 fully saturated rings. The zero-order chi connectivity index (χ0) is 13.0. The number of nitrogens with zero attached hydrogens (tertiary/aromatic N) is 1. The van der Waals surface area contributed by atoms with Gasteiger partial charge in [-0.3, -0.25) is 4.79 Å². The Bertz CT molecular complexity index is 566. The van der Waals surface area contributed by atoms with Crippen LogP contribution in [0.4, 0.5) is 5.82 Å². The smallest absolute Gasteiger partial charge is 0.252 e. The fourth-order valence-electron chi connectivity index (χ4n) is 1.66. The van der Waals surface area contributed by atoms with E-state index in [9.17, 15) is 9.90 Å². The van der Waals surface area contributed by atoms with Gasteiger partial charge in [0.1, 0.15) is 11.6 Å². The molecular formula is C13H15N3O2. The third-order valence-corrected chi connectivity index (χ3v) is 2.52. The maximum atomic E-state index is 11.2. The highest BCUT2D eigenvalue weighted by Crippen LogP contribution is 2.12. The highest BCUT2D eigenvalue weighted by Gasteiger charge is 2.07. The maximum Gasteiger partial charge on any atom is 0.252 e. The Morgan fingerprint density at radius 3 is 2.78 bits per heavy atom. The molecule has 0 spiro atoms. The van der Waals surface area contributed by atoms with Gasteiger partial charge in [-0.1, -0.05) is 30.3 Å². The van der Waals surface area contributed by atoms with Gasteiger partial charge in [0.05, 0.1) is 6.10 Å². The van der Waals surface area contributed by atoms with Crippen LogP contribution in [-0.4, -0.2) is 21.6 Å². The number of aromatic nitrogens is 2. The van der Waals surface area contributed by atoms with Gasteiger partial charge < -0.3 is 15.4 Å². The van der Waals surface area contributed by atoms with E-state index >= 15 is 0 Å². The van der Waals surface area contributed by atoms with E-state index in [4.69, 9.17) is 0 Å². The van der Waals surface area contributed by atoms with Crippen molar-refractivity contribution in [1.29, 1.82) is 0 Å². The normalized spacial score (nSPS) is 12.1. The molecule has 5 nitrogen and oxygen atoms in total. The van der Waals surface area contributed by atoms with E-state index in [1.807, 2.05) is 30.3 Å². The minimum Gasteiger partial charge on any atom is -0.387 e. The average molecular weight is 245 g/mol. The lowest BCUT2D eigenvalue weighted by molar-refractivity contribution is 0.191. The summed E-state index contributed by atoms with van der Waals surface area (Å²) in [4.78, 5) is 17.9. The van der Waals surface area contributed by atoms with Crippen molar-refractivity contribution in [2.24, 2.45) is 0 Å². The number of aromatic amines is 1. The SMILES string of the molecule is Cc1nc(NCC(O)c2ccccc2)cc(=O)[nH]1. The maximum absolute atomic E-state index is 11.2. The van der Waals surface area contributed by atoms with Crippen LogP contribution >= 0.6 is 0 Å². The number of hydrogen-bond donors (Lipinski definition) is 3. The van der Waals surface area contributed by atoms with Crippen molar-refractivity contribution in [1.82, 2.24) is 9.97 Å².